The van der Waals surface area contributed by atoms with E-state index in [4.69, 9.17) is 0 Å². The van der Waals surface area contributed by atoms with Gasteiger partial charge in [0.2, 0.25) is 0 Å². The van der Waals surface area contributed by atoms with E-state index in [0.29, 0.717) is 0 Å². The summed E-state index contributed by atoms with van der Waals surface area (Å²) in [7, 11) is 0. The van der Waals surface area contributed by atoms with Crippen LogP contribution in [0.15, 0.2) is 30.6 Å². The molecule has 0 radical (unpaired) electrons. The number of nitrogens with one attached hydrogen (secondary N) is 1. The summed E-state index contributed by atoms with van der Waals surface area (Å²) in [6.07, 6.45) is 4.76. The van der Waals surface area contributed by atoms with Crippen LogP contribution in [-0.4, -0.2) is 16.1 Å². The molecule has 1 aromatic heterocycles. The first-order chi connectivity index (χ1) is 9.26. The molecule has 3 nitrogen and oxygen atoms in total. The molecule has 0 fully saturated rings. The Morgan fingerprint density at radius 2 is 2.16 bits per heavy atom. The quantitative estimate of drug-likeness (QED) is 0.809. The molecular formula is C15H20FN3. The Morgan fingerprint density at radius 1 is 1.32 bits per heavy atom. The lowest BCUT2D eigenvalue weighted by Gasteiger charge is -2.11. The third-order valence-electron chi connectivity index (χ3n) is 3.11. The van der Waals surface area contributed by atoms with Gasteiger partial charge < -0.3 is 9.88 Å². The summed E-state index contributed by atoms with van der Waals surface area (Å²) in [5.41, 5.74) is 1.95. The van der Waals surface area contributed by atoms with Gasteiger partial charge in [-0.15, -0.1) is 0 Å². The van der Waals surface area contributed by atoms with E-state index >= 15 is 0 Å². The minimum atomic E-state index is -0.222. The number of benzene rings is 1. The molecule has 0 unspecified atom stereocenters. The maximum atomic E-state index is 13.5. The lowest BCUT2D eigenvalue weighted by Crippen LogP contribution is -2.15. The van der Waals surface area contributed by atoms with Crippen LogP contribution in [0.25, 0.3) is 11.4 Å². The first-order valence-electron chi connectivity index (χ1n) is 6.77. The number of aryl methyl sites for hydroxylation is 1. The molecule has 2 rings (SSSR count). The first-order valence-corrected chi connectivity index (χ1v) is 6.77. The standard InChI is InChI=1S/C15H20FN3/c1-3-7-17-11-12-5-6-13(16)10-14(12)15-18-8-9-19(15)4-2/h5-6,8-10,17H,3-4,7,11H2,1-2H3. The normalized spacial score (nSPS) is 10.9. The van der Waals surface area contributed by atoms with Gasteiger partial charge in [-0.25, -0.2) is 9.37 Å². The summed E-state index contributed by atoms with van der Waals surface area (Å²) in [4.78, 5) is 4.36. The van der Waals surface area contributed by atoms with Crippen LogP contribution < -0.4 is 5.32 Å². The molecule has 0 atom stereocenters. The summed E-state index contributed by atoms with van der Waals surface area (Å²) in [6.45, 7) is 6.70. The van der Waals surface area contributed by atoms with Crippen molar-refractivity contribution in [2.75, 3.05) is 6.54 Å². The van der Waals surface area contributed by atoms with Gasteiger partial charge in [-0.2, -0.15) is 0 Å². The van der Waals surface area contributed by atoms with Gasteiger partial charge in [-0.1, -0.05) is 13.0 Å². The van der Waals surface area contributed by atoms with E-state index in [0.717, 1.165) is 43.0 Å². The molecule has 0 aliphatic carbocycles. The van der Waals surface area contributed by atoms with Crippen LogP contribution in [0.3, 0.4) is 0 Å². The van der Waals surface area contributed by atoms with Crippen molar-refractivity contribution in [1.29, 1.82) is 0 Å². The zero-order valence-corrected chi connectivity index (χ0v) is 11.5. The highest BCUT2D eigenvalue weighted by molar-refractivity contribution is 5.61. The number of aromatic nitrogens is 2. The second kappa shape index (κ2) is 6.48. The summed E-state index contributed by atoms with van der Waals surface area (Å²) in [6, 6.07) is 4.91. The molecule has 102 valence electrons. The van der Waals surface area contributed by atoms with Crippen molar-refractivity contribution in [3.8, 4) is 11.4 Å². The number of hydrogen-bond donors (Lipinski definition) is 1. The van der Waals surface area contributed by atoms with Gasteiger partial charge in [-0.3, -0.25) is 0 Å². The molecule has 1 aromatic carbocycles. The second-order valence-corrected chi connectivity index (χ2v) is 4.52. The number of hydrogen-bond acceptors (Lipinski definition) is 2. The molecule has 19 heavy (non-hydrogen) atoms. The van der Waals surface area contributed by atoms with Crippen LogP contribution >= 0.6 is 0 Å². The first kappa shape index (κ1) is 13.7. The Hall–Kier alpha value is -1.68. The Kier molecular flexibility index (Phi) is 4.68. The van der Waals surface area contributed by atoms with Crippen molar-refractivity contribution >= 4 is 0 Å². The average Bonchev–Trinajstić information content (AvgIpc) is 2.88. The Morgan fingerprint density at radius 3 is 2.89 bits per heavy atom. The van der Waals surface area contributed by atoms with Crippen molar-refractivity contribution in [2.45, 2.75) is 33.4 Å². The molecule has 1 heterocycles. The average molecular weight is 261 g/mol. The third kappa shape index (κ3) is 3.20. The molecule has 0 amide bonds. The zero-order chi connectivity index (χ0) is 13.7. The molecule has 1 N–H and O–H groups in total. The molecule has 0 spiro atoms. The van der Waals surface area contributed by atoms with Crippen molar-refractivity contribution < 1.29 is 4.39 Å². The maximum absolute atomic E-state index is 13.5. The van der Waals surface area contributed by atoms with Gasteiger partial charge in [0.05, 0.1) is 0 Å². The predicted molar refractivity (Wildman–Crippen MR) is 75.3 cm³/mol. The molecule has 0 aliphatic rings. The SMILES string of the molecule is CCCNCc1ccc(F)cc1-c1nccn1CC. The van der Waals surface area contributed by atoms with E-state index in [2.05, 4.69) is 24.1 Å². The summed E-state index contributed by atoms with van der Waals surface area (Å²) < 4.78 is 15.5. The molecule has 0 saturated heterocycles. The minimum Gasteiger partial charge on any atom is -0.331 e. The fourth-order valence-electron chi connectivity index (χ4n) is 2.12. The van der Waals surface area contributed by atoms with E-state index in [9.17, 15) is 4.39 Å². The summed E-state index contributed by atoms with van der Waals surface area (Å²) >= 11 is 0. The lowest BCUT2D eigenvalue weighted by atomic mass is 10.1. The topological polar surface area (TPSA) is 29.9 Å². The van der Waals surface area contributed by atoms with Crippen LogP contribution in [0.2, 0.25) is 0 Å². The molecule has 4 heteroatoms. The van der Waals surface area contributed by atoms with Crippen molar-refractivity contribution in [1.82, 2.24) is 14.9 Å². The monoisotopic (exact) mass is 261 g/mol. The third-order valence-corrected chi connectivity index (χ3v) is 3.11. The van der Waals surface area contributed by atoms with E-state index in [-0.39, 0.29) is 5.82 Å². The number of nitrogens with zero attached hydrogens (tertiary/aromatic N) is 2. The smallest absolute Gasteiger partial charge is 0.140 e. The van der Waals surface area contributed by atoms with Crippen LogP contribution in [0.5, 0.6) is 0 Å². The lowest BCUT2D eigenvalue weighted by molar-refractivity contribution is 0.624. The minimum absolute atomic E-state index is 0.222. The summed E-state index contributed by atoms with van der Waals surface area (Å²) in [5, 5.41) is 3.35. The Bertz CT molecular complexity index is 534. The highest BCUT2D eigenvalue weighted by atomic mass is 19.1. The molecule has 0 saturated carbocycles. The fraction of sp³-hybridized carbons (Fsp3) is 0.400. The van der Waals surface area contributed by atoms with Crippen molar-refractivity contribution in [3.63, 3.8) is 0 Å². The molecular weight excluding hydrogens is 241 g/mol. The Balaban J connectivity index is 2.34. The van der Waals surface area contributed by atoms with Crippen LogP contribution in [0.4, 0.5) is 4.39 Å². The molecule has 2 aromatic rings. The van der Waals surface area contributed by atoms with E-state index in [1.807, 2.05) is 16.8 Å². The highest BCUT2D eigenvalue weighted by Crippen LogP contribution is 2.23. The van der Waals surface area contributed by atoms with Crippen LogP contribution in [-0.2, 0) is 13.1 Å². The zero-order valence-electron chi connectivity index (χ0n) is 11.5. The van der Waals surface area contributed by atoms with Gasteiger partial charge in [0, 0.05) is 31.0 Å². The number of halogens is 1. The van der Waals surface area contributed by atoms with Gasteiger partial charge in [0.25, 0.3) is 0 Å². The number of rotatable bonds is 6. The summed E-state index contributed by atoms with van der Waals surface area (Å²) in [5.74, 6) is 0.607. The van der Waals surface area contributed by atoms with Crippen molar-refractivity contribution in [2.24, 2.45) is 0 Å². The van der Waals surface area contributed by atoms with Crippen molar-refractivity contribution in [3.05, 3.63) is 42.0 Å². The molecule has 0 bridgehead atoms. The predicted octanol–water partition coefficient (Wildman–Crippen LogP) is 3.21. The number of imidazole rings is 1. The Labute approximate surface area is 113 Å². The van der Waals surface area contributed by atoms with E-state index < -0.39 is 0 Å². The van der Waals surface area contributed by atoms with Gasteiger partial charge >= 0.3 is 0 Å². The van der Waals surface area contributed by atoms with Gasteiger partial charge in [-0.05, 0) is 37.6 Å². The van der Waals surface area contributed by atoms with Crippen LogP contribution in [0, 0.1) is 5.82 Å². The van der Waals surface area contributed by atoms with E-state index in [1.54, 1.807) is 12.3 Å². The molecule has 0 aliphatic heterocycles. The fourth-order valence-corrected chi connectivity index (χ4v) is 2.12. The largest absolute Gasteiger partial charge is 0.331 e. The van der Waals surface area contributed by atoms with Gasteiger partial charge in [0.1, 0.15) is 11.6 Å². The van der Waals surface area contributed by atoms with Crippen LogP contribution in [0.1, 0.15) is 25.8 Å². The van der Waals surface area contributed by atoms with Gasteiger partial charge in [0.15, 0.2) is 0 Å². The maximum Gasteiger partial charge on any atom is 0.140 e. The highest BCUT2D eigenvalue weighted by Gasteiger charge is 2.11. The second-order valence-electron chi connectivity index (χ2n) is 4.52. The van der Waals surface area contributed by atoms with E-state index in [1.165, 1.54) is 6.07 Å².